The average molecular weight is 406 g/mol. The highest BCUT2D eigenvalue weighted by Crippen LogP contribution is 2.32. The van der Waals surface area contributed by atoms with E-state index >= 15 is 0 Å². The highest BCUT2D eigenvalue weighted by atomic mass is 35.5. The second-order valence-corrected chi connectivity index (χ2v) is 6.65. The third-order valence-corrected chi connectivity index (χ3v) is 4.68. The minimum absolute atomic E-state index is 0.0712. The molecule has 138 valence electrons. The van der Waals surface area contributed by atoms with Crippen molar-refractivity contribution in [2.75, 3.05) is 0 Å². The Balaban J connectivity index is 1.77. The SMILES string of the molecule is O=[N+]([O-])c1cc(/C=N\n2cnnc2SCc2ccc(Cl)cc2)c(O)cc1O. The number of benzene rings is 2. The molecule has 0 aliphatic carbocycles. The van der Waals surface area contributed by atoms with Gasteiger partial charge in [-0.1, -0.05) is 35.5 Å². The Morgan fingerprint density at radius 1 is 1.26 bits per heavy atom. The van der Waals surface area contributed by atoms with Crippen LogP contribution >= 0.6 is 23.4 Å². The standard InChI is InChI=1S/C16H12ClN5O4S/c17-12-3-1-10(2-4-12)8-27-16-20-18-9-21(16)19-7-11-5-13(22(25)26)15(24)6-14(11)23/h1-7,9,23-24H,8H2/b19-7-. The summed E-state index contributed by atoms with van der Waals surface area (Å²) in [6.45, 7) is 0. The molecule has 3 rings (SSSR count). The quantitative estimate of drug-likeness (QED) is 0.278. The molecule has 9 nitrogen and oxygen atoms in total. The zero-order valence-electron chi connectivity index (χ0n) is 13.6. The Labute approximate surface area is 162 Å². The number of nitro benzene ring substituents is 1. The van der Waals surface area contributed by atoms with Crippen molar-refractivity contribution in [1.29, 1.82) is 0 Å². The molecule has 0 fully saturated rings. The summed E-state index contributed by atoms with van der Waals surface area (Å²) in [5.41, 5.74) is 0.576. The number of nitrogens with zero attached hydrogens (tertiary/aromatic N) is 5. The van der Waals surface area contributed by atoms with Crippen LogP contribution in [0.3, 0.4) is 0 Å². The van der Waals surface area contributed by atoms with Gasteiger partial charge in [-0.25, -0.2) is 0 Å². The molecule has 0 spiro atoms. The van der Waals surface area contributed by atoms with Gasteiger partial charge >= 0.3 is 5.69 Å². The number of aromatic nitrogens is 3. The molecule has 2 N–H and O–H groups in total. The van der Waals surface area contributed by atoms with Gasteiger partial charge in [-0.05, 0) is 17.7 Å². The molecule has 27 heavy (non-hydrogen) atoms. The van der Waals surface area contributed by atoms with E-state index in [-0.39, 0.29) is 11.3 Å². The summed E-state index contributed by atoms with van der Waals surface area (Å²) in [5.74, 6) is -0.357. The summed E-state index contributed by atoms with van der Waals surface area (Å²) >= 11 is 7.24. The highest BCUT2D eigenvalue weighted by Gasteiger charge is 2.16. The third-order valence-electron chi connectivity index (χ3n) is 3.42. The Morgan fingerprint density at radius 2 is 2.00 bits per heavy atom. The van der Waals surface area contributed by atoms with Crippen LogP contribution in [-0.2, 0) is 5.75 Å². The Hall–Kier alpha value is -3.11. The van der Waals surface area contributed by atoms with Crippen molar-refractivity contribution in [2.24, 2.45) is 5.10 Å². The van der Waals surface area contributed by atoms with Crippen LogP contribution in [0.1, 0.15) is 11.1 Å². The van der Waals surface area contributed by atoms with Crippen molar-refractivity contribution in [2.45, 2.75) is 10.9 Å². The second-order valence-electron chi connectivity index (χ2n) is 5.27. The lowest BCUT2D eigenvalue weighted by molar-refractivity contribution is -0.385. The van der Waals surface area contributed by atoms with Gasteiger partial charge in [0.25, 0.3) is 0 Å². The average Bonchev–Trinajstić information content (AvgIpc) is 3.07. The fraction of sp³-hybridized carbons (Fsp3) is 0.0625. The fourth-order valence-corrected chi connectivity index (χ4v) is 3.02. The molecule has 1 aromatic heterocycles. The molecule has 0 unspecified atom stereocenters. The minimum Gasteiger partial charge on any atom is -0.507 e. The molecule has 0 aliphatic rings. The molecule has 1 heterocycles. The molecule has 0 saturated heterocycles. The molecule has 0 saturated carbocycles. The van der Waals surface area contributed by atoms with Crippen molar-refractivity contribution < 1.29 is 15.1 Å². The van der Waals surface area contributed by atoms with Crippen molar-refractivity contribution in [3.05, 3.63) is 69.0 Å². The van der Waals surface area contributed by atoms with Gasteiger partial charge in [0.2, 0.25) is 5.16 Å². The molecular weight excluding hydrogens is 394 g/mol. The first-order chi connectivity index (χ1) is 12.9. The van der Waals surface area contributed by atoms with E-state index in [1.165, 1.54) is 29.0 Å². The molecule has 0 atom stereocenters. The third kappa shape index (κ3) is 4.54. The molecule has 0 amide bonds. The van der Waals surface area contributed by atoms with E-state index in [0.29, 0.717) is 15.9 Å². The number of hydrogen-bond donors (Lipinski definition) is 2. The summed E-state index contributed by atoms with van der Waals surface area (Å²) in [6, 6.07) is 9.29. The van der Waals surface area contributed by atoms with E-state index in [2.05, 4.69) is 15.3 Å². The lowest BCUT2D eigenvalue weighted by Gasteiger charge is -2.03. The maximum Gasteiger partial charge on any atom is 0.311 e. The Kier molecular flexibility index (Phi) is 5.57. The zero-order chi connectivity index (χ0) is 19.4. The number of hydrogen-bond acceptors (Lipinski definition) is 8. The van der Waals surface area contributed by atoms with Crippen LogP contribution in [0.25, 0.3) is 0 Å². The summed E-state index contributed by atoms with van der Waals surface area (Å²) in [6.07, 6.45) is 2.59. The number of phenols is 2. The van der Waals surface area contributed by atoms with Gasteiger partial charge in [0.05, 0.1) is 11.1 Å². The van der Waals surface area contributed by atoms with Crippen molar-refractivity contribution in [3.8, 4) is 11.5 Å². The first-order valence-corrected chi connectivity index (χ1v) is 8.82. The molecular formula is C16H12ClN5O4S. The van der Waals surface area contributed by atoms with E-state index in [1.54, 1.807) is 12.1 Å². The molecule has 0 radical (unpaired) electrons. The molecule has 0 bridgehead atoms. The highest BCUT2D eigenvalue weighted by molar-refractivity contribution is 7.98. The number of halogens is 1. The summed E-state index contributed by atoms with van der Waals surface area (Å²) < 4.78 is 1.37. The zero-order valence-corrected chi connectivity index (χ0v) is 15.1. The van der Waals surface area contributed by atoms with Gasteiger partial charge in [-0.15, -0.1) is 10.2 Å². The largest absolute Gasteiger partial charge is 0.507 e. The maximum absolute atomic E-state index is 10.9. The van der Waals surface area contributed by atoms with Crippen molar-refractivity contribution in [3.63, 3.8) is 0 Å². The first kappa shape index (κ1) is 18.7. The van der Waals surface area contributed by atoms with Crippen LogP contribution in [0.5, 0.6) is 11.5 Å². The number of nitro groups is 1. The number of phenolic OH excluding ortho intramolecular Hbond substituents is 2. The van der Waals surface area contributed by atoms with E-state index in [4.69, 9.17) is 11.6 Å². The fourth-order valence-electron chi connectivity index (χ4n) is 2.08. The predicted molar refractivity (Wildman–Crippen MR) is 100 cm³/mol. The second kappa shape index (κ2) is 8.06. The van der Waals surface area contributed by atoms with Gasteiger partial charge in [0.1, 0.15) is 12.1 Å². The summed E-state index contributed by atoms with van der Waals surface area (Å²) in [4.78, 5) is 10.1. The van der Waals surface area contributed by atoms with Crippen LogP contribution < -0.4 is 0 Å². The normalized spacial score (nSPS) is 11.1. The van der Waals surface area contributed by atoms with Gasteiger partial charge < -0.3 is 10.2 Å². The van der Waals surface area contributed by atoms with Gasteiger partial charge in [0.15, 0.2) is 5.75 Å². The summed E-state index contributed by atoms with van der Waals surface area (Å²) in [7, 11) is 0. The van der Waals surface area contributed by atoms with Crippen LogP contribution in [0.2, 0.25) is 5.02 Å². The van der Waals surface area contributed by atoms with Crippen LogP contribution in [-0.4, -0.2) is 36.2 Å². The maximum atomic E-state index is 10.9. The minimum atomic E-state index is -0.752. The Bertz CT molecular complexity index is 1010. The van der Waals surface area contributed by atoms with Gasteiger partial charge in [-0.2, -0.15) is 9.78 Å². The first-order valence-electron chi connectivity index (χ1n) is 7.46. The van der Waals surface area contributed by atoms with E-state index in [9.17, 15) is 20.3 Å². The Morgan fingerprint density at radius 3 is 2.70 bits per heavy atom. The number of rotatable bonds is 6. The molecule has 2 aromatic carbocycles. The predicted octanol–water partition coefficient (Wildman–Crippen LogP) is 3.43. The van der Waals surface area contributed by atoms with Crippen LogP contribution in [0.15, 0.2) is 53.0 Å². The van der Waals surface area contributed by atoms with E-state index in [1.807, 2.05) is 12.1 Å². The monoisotopic (exact) mass is 405 g/mol. The number of aromatic hydroxyl groups is 2. The van der Waals surface area contributed by atoms with Gasteiger partial charge in [0, 0.05) is 28.5 Å². The van der Waals surface area contributed by atoms with E-state index in [0.717, 1.165) is 17.7 Å². The number of thioether (sulfide) groups is 1. The smallest absolute Gasteiger partial charge is 0.311 e. The van der Waals surface area contributed by atoms with Crippen LogP contribution in [0.4, 0.5) is 5.69 Å². The lowest BCUT2D eigenvalue weighted by atomic mass is 10.2. The van der Waals surface area contributed by atoms with Crippen LogP contribution in [0, 0.1) is 10.1 Å². The summed E-state index contributed by atoms with van der Waals surface area (Å²) in [5, 5.41) is 43.2. The topological polar surface area (TPSA) is 127 Å². The van der Waals surface area contributed by atoms with Crippen molar-refractivity contribution in [1.82, 2.24) is 14.9 Å². The van der Waals surface area contributed by atoms with Gasteiger partial charge in [-0.3, -0.25) is 10.1 Å². The molecule has 3 aromatic rings. The van der Waals surface area contributed by atoms with E-state index < -0.39 is 16.4 Å². The molecule has 11 heteroatoms. The van der Waals surface area contributed by atoms with Crippen molar-refractivity contribution >= 4 is 35.3 Å². The lowest BCUT2D eigenvalue weighted by Crippen LogP contribution is -1.95. The molecule has 0 aliphatic heterocycles.